The number of oxazole rings is 12. The van der Waals surface area contributed by atoms with Crippen molar-refractivity contribution >= 4 is 47.4 Å². The van der Waals surface area contributed by atoms with Crippen molar-refractivity contribution in [1.82, 2.24) is 91.7 Å². The van der Waals surface area contributed by atoms with Crippen LogP contribution < -0.4 is 31.9 Å². The molecule has 0 aromatic carbocycles. The SMILES string of the molecule is CC(=O)OC[C@@H]1NC(=O)c2coc(n2)-c2coc(n2)-c2coc(n2)[C@H](CCCCNC(=O)CCCCCCCCCCCCC(=O)NCCCC[C@@H]2NC(=O)c3coc(n3)-c3coc(n3)-c3coc(n3)[C@H](COC(C)=O)NC(=O)c3coc(n3)-c3coc(n3)-c3coc2n3)NC(=O)c2coc(n2)-c2coc(n2)-c2coc1n2. The number of hydrogen-bond donors (Lipinski definition) is 6. The van der Waals surface area contributed by atoms with E-state index in [2.05, 4.69) is 91.7 Å². The van der Waals surface area contributed by atoms with Gasteiger partial charge in [0.25, 0.3) is 23.6 Å². The predicted molar refractivity (Wildman–Crippen MR) is 373 cm³/mol. The monoisotopic (exact) mass is 1540 g/mol. The standard InChI is InChI=1S/C72H72N18O22/c1-37(91)99-27-45-63-85-53(35-107-63)71-89-47(33-111-71)65-79-41(23-101-65)57(95)75-39(61-83-51(29-105-61)69-87-49(31-109-69)67-81-43(25-103-67)59(97)77-45)17-13-15-21-73-55(93)19-11-9-7-5-3-4-6-8-10-12-20-56(94)74-22-16-14-18-40-62-84-52(30-106-62)70-88-50(32-110-70)68-82-44(26-104-68)60(98)78-46(28-100-38(2)92)64-86-54(36-108-64)72-90-48(34-112-72)66-80-42(24-102-66)58(96)76-40/h23-26,29-36,39-40,45-46H,3-22,27-28H2,1-2H3,(H,73,93)(H,74,94)(H,75,95)(H,76,96)(H,77,97)(H,78,98)/t39-,40-,45-,46-/m0/s1. The third kappa shape index (κ3) is 18.9. The maximum atomic E-state index is 13.8. The molecule has 24 bridgehead atoms. The topological polar surface area (TPSA) is 540 Å². The molecule has 0 saturated heterocycles. The van der Waals surface area contributed by atoms with E-state index in [0.29, 0.717) is 64.5 Å². The van der Waals surface area contributed by atoms with Gasteiger partial charge in [0.1, 0.15) is 113 Å². The lowest BCUT2D eigenvalue weighted by Gasteiger charge is -2.15. The zero-order valence-electron chi connectivity index (χ0n) is 60.1. The average Bonchev–Trinajstić information content (AvgIpc) is 1.67. The Labute approximate surface area is 631 Å². The van der Waals surface area contributed by atoms with Crippen molar-refractivity contribution in [3.05, 3.63) is 121 Å². The van der Waals surface area contributed by atoms with E-state index in [0.717, 1.165) is 89.3 Å². The molecule has 6 N–H and O–H groups in total. The third-order valence-corrected chi connectivity index (χ3v) is 17.7. The van der Waals surface area contributed by atoms with E-state index < -0.39 is 59.7 Å². The van der Waals surface area contributed by atoms with Gasteiger partial charge in [-0.05, 0) is 51.4 Å². The number of carbonyl (C=O) groups is 8. The lowest BCUT2D eigenvalue weighted by atomic mass is 10.0. The summed E-state index contributed by atoms with van der Waals surface area (Å²) in [6.07, 6.45) is 28.0. The number of ether oxygens (including phenoxy) is 2. The molecule has 14 heterocycles. The molecule has 0 spiro atoms. The minimum atomic E-state index is -1.09. The van der Waals surface area contributed by atoms with Gasteiger partial charge in [0, 0.05) is 39.8 Å². The number of carbonyl (C=O) groups excluding carboxylic acids is 8. The lowest BCUT2D eigenvalue weighted by Crippen LogP contribution is -2.32. The van der Waals surface area contributed by atoms with Crippen molar-refractivity contribution in [2.24, 2.45) is 0 Å². The van der Waals surface area contributed by atoms with Crippen molar-refractivity contribution in [3.8, 4) is 92.7 Å². The molecule has 2 aliphatic rings. The second-order valence-corrected chi connectivity index (χ2v) is 26.0. The van der Waals surface area contributed by atoms with Crippen LogP contribution in [0, 0.1) is 0 Å². The van der Waals surface area contributed by atoms with E-state index in [4.69, 9.17) is 62.5 Å². The number of nitrogens with one attached hydrogen (secondary N) is 6. The molecule has 0 radical (unpaired) electrons. The van der Waals surface area contributed by atoms with Gasteiger partial charge >= 0.3 is 11.9 Å². The summed E-state index contributed by atoms with van der Waals surface area (Å²) in [7, 11) is 0. The van der Waals surface area contributed by atoms with E-state index in [1.165, 1.54) is 64.0 Å². The molecule has 0 saturated carbocycles. The Morgan fingerprint density at radius 1 is 0.295 bits per heavy atom. The molecule has 0 unspecified atom stereocenters. The summed E-state index contributed by atoms with van der Waals surface area (Å²) < 4.78 is 78.6. The van der Waals surface area contributed by atoms with Crippen LogP contribution in [0.2, 0.25) is 0 Å². The number of unbranched alkanes of at least 4 members (excludes halogenated alkanes) is 11. The highest BCUT2D eigenvalue weighted by Crippen LogP contribution is 2.33. The number of fused-ring (bicyclic) bond motifs is 32. The van der Waals surface area contributed by atoms with Gasteiger partial charge in [-0.25, -0.2) is 59.8 Å². The van der Waals surface area contributed by atoms with Gasteiger partial charge in [-0.1, -0.05) is 51.4 Å². The van der Waals surface area contributed by atoms with Crippen molar-refractivity contribution in [1.29, 1.82) is 0 Å². The van der Waals surface area contributed by atoms with E-state index in [-0.39, 0.29) is 164 Å². The molecule has 0 fully saturated rings. The van der Waals surface area contributed by atoms with Crippen LogP contribution in [-0.4, -0.2) is 133 Å². The molecule has 4 atom stereocenters. The summed E-state index contributed by atoms with van der Waals surface area (Å²) in [4.78, 5) is 157. The highest BCUT2D eigenvalue weighted by molar-refractivity contribution is 5.94. The maximum Gasteiger partial charge on any atom is 0.302 e. The Hall–Kier alpha value is -13.7. The van der Waals surface area contributed by atoms with Gasteiger partial charge in [0.15, 0.2) is 68.3 Å². The van der Waals surface area contributed by atoms with Crippen LogP contribution in [0.25, 0.3) is 92.7 Å². The van der Waals surface area contributed by atoms with E-state index in [1.807, 2.05) is 0 Å². The Bertz CT molecular complexity index is 4940. The quantitative estimate of drug-likeness (QED) is 0.0206. The zero-order valence-corrected chi connectivity index (χ0v) is 60.1. The summed E-state index contributed by atoms with van der Waals surface area (Å²) >= 11 is 0. The summed E-state index contributed by atoms with van der Waals surface area (Å²) in [5, 5.41) is 17.2. The van der Waals surface area contributed by atoms with Crippen LogP contribution in [0.5, 0.6) is 0 Å². The molecule has 12 aromatic rings. The summed E-state index contributed by atoms with van der Waals surface area (Å²) in [6.45, 7) is 2.51. The number of esters is 2. The molecule has 12 aromatic heterocycles. The molecule has 112 heavy (non-hydrogen) atoms. The van der Waals surface area contributed by atoms with Gasteiger partial charge < -0.3 is 94.4 Å². The van der Waals surface area contributed by atoms with E-state index in [9.17, 15) is 38.4 Å². The van der Waals surface area contributed by atoms with Gasteiger partial charge in [-0.2, -0.15) is 0 Å². The molecular weight excluding hydrogens is 1470 g/mol. The third-order valence-electron chi connectivity index (χ3n) is 17.7. The van der Waals surface area contributed by atoms with Crippen LogP contribution in [0.3, 0.4) is 0 Å². The van der Waals surface area contributed by atoms with Crippen LogP contribution in [0.4, 0.5) is 0 Å². The Balaban J connectivity index is 0.482. The van der Waals surface area contributed by atoms with Crippen molar-refractivity contribution in [3.63, 3.8) is 0 Å². The van der Waals surface area contributed by atoms with Crippen molar-refractivity contribution in [2.45, 2.75) is 154 Å². The fourth-order valence-corrected chi connectivity index (χ4v) is 11.9. The van der Waals surface area contributed by atoms with Crippen LogP contribution in [-0.2, 0) is 28.7 Å². The molecule has 6 amide bonds. The minimum Gasteiger partial charge on any atom is -0.463 e. The minimum absolute atomic E-state index is 0.0172. The number of hydrogen-bond acceptors (Lipinski definition) is 34. The van der Waals surface area contributed by atoms with E-state index >= 15 is 0 Å². The second-order valence-electron chi connectivity index (χ2n) is 26.0. The fourth-order valence-electron chi connectivity index (χ4n) is 11.9. The normalized spacial score (nSPS) is 15.6. The van der Waals surface area contributed by atoms with Gasteiger partial charge in [-0.15, -0.1) is 0 Å². The second kappa shape index (κ2) is 35.1. The highest BCUT2D eigenvalue weighted by Gasteiger charge is 2.32. The predicted octanol–water partition coefficient (Wildman–Crippen LogP) is 10.5. The zero-order chi connectivity index (χ0) is 77.5. The first-order chi connectivity index (χ1) is 54.6. The number of rotatable bonds is 27. The Morgan fingerprint density at radius 2 is 0.518 bits per heavy atom. The molecule has 582 valence electrons. The lowest BCUT2D eigenvalue weighted by molar-refractivity contribution is -0.142. The average molecular weight is 1540 g/mol. The summed E-state index contributed by atoms with van der Waals surface area (Å²) in [5.41, 5.74) is 0.563. The molecule has 2 aliphatic heterocycles. The number of amides is 6. The molecule has 0 aliphatic carbocycles. The summed E-state index contributed by atoms with van der Waals surface area (Å²) in [5.74, 6) is -4.13. The highest BCUT2D eigenvalue weighted by atomic mass is 16.5. The fraction of sp³-hybridized carbons (Fsp3) is 0.389. The van der Waals surface area contributed by atoms with Crippen LogP contribution in [0.15, 0.2) is 128 Å². The van der Waals surface area contributed by atoms with Gasteiger partial charge in [0.2, 0.25) is 82.5 Å². The van der Waals surface area contributed by atoms with Crippen molar-refractivity contribution < 1.29 is 101 Å². The number of aromatic nitrogens is 12. The first-order valence-electron chi connectivity index (χ1n) is 36.1. The Morgan fingerprint density at radius 3 is 0.795 bits per heavy atom. The smallest absolute Gasteiger partial charge is 0.302 e. The maximum absolute atomic E-state index is 13.8. The molecule has 40 nitrogen and oxygen atoms in total. The molecular formula is C72H72N18O22. The van der Waals surface area contributed by atoms with Gasteiger partial charge in [-0.3, -0.25) is 38.4 Å². The van der Waals surface area contributed by atoms with Crippen LogP contribution in [0.1, 0.15) is 219 Å². The number of nitrogens with zero attached hydrogens (tertiary/aromatic N) is 12. The van der Waals surface area contributed by atoms with E-state index in [1.54, 1.807) is 0 Å². The Kier molecular flexibility index (Phi) is 23.5. The molecule has 14 rings (SSSR count). The first kappa shape index (κ1) is 75.1. The first-order valence-corrected chi connectivity index (χ1v) is 36.1. The van der Waals surface area contributed by atoms with Gasteiger partial charge in [0.05, 0.1) is 0 Å². The van der Waals surface area contributed by atoms with Crippen molar-refractivity contribution in [2.75, 3.05) is 26.3 Å². The van der Waals surface area contributed by atoms with Crippen LogP contribution >= 0.6 is 0 Å². The molecule has 40 heteroatoms. The largest absolute Gasteiger partial charge is 0.463 e. The summed E-state index contributed by atoms with van der Waals surface area (Å²) in [6, 6.07) is -3.76.